The van der Waals surface area contributed by atoms with Crippen LogP contribution in [0, 0.1) is 5.92 Å². The van der Waals surface area contributed by atoms with Crippen LogP contribution >= 0.6 is 11.6 Å². The SMILES string of the molecule is COc1cccc(N(CCCC(=O)N(Cc2ccccc2Cl)[C@H](Cc2ccccc2)C(=O)NCC(C)C)S(C)(=O)=O)c1. The fraction of sp³-hybridized carbons (Fsp3) is 0.375. The maximum absolute atomic E-state index is 13.9. The average Bonchev–Trinajstić information content (AvgIpc) is 2.96. The van der Waals surface area contributed by atoms with Gasteiger partial charge in [0.1, 0.15) is 11.8 Å². The van der Waals surface area contributed by atoms with Crippen molar-refractivity contribution in [2.24, 2.45) is 5.92 Å². The number of sulfonamides is 1. The minimum absolute atomic E-state index is 0.0309. The van der Waals surface area contributed by atoms with Crippen molar-refractivity contribution in [3.63, 3.8) is 0 Å². The molecule has 0 aliphatic carbocycles. The van der Waals surface area contributed by atoms with E-state index in [0.29, 0.717) is 29.4 Å². The number of hydrogen-bond donors (Lipinski definition) is 1. The molecule has 3 rings (SSSR count). The van der Waals surface area contributed by atoms with Crippen molar-refractivity contribution in [3.05, 3.63) is 95.0 Å². The highest BCUT2D eigenvalue weighted by atomic mass is 35.5. The fourth-order valence-electron chi connectivity index (χ4n) is 4.56. The number of hydrogen-bond acceptors (Lipinski definition) is 5. The van der Waals surface area contributed by atoms with E-state index in [0.717, 1.165) is 17.4 Å². The largest absolute Gasteiger partial charge is 0.497 e. The van der Waals surface area contributed by atoms with E-state index in [-0.39, 0.29) is 43.7 Å². The second-order valence-corrected chi connectivity index (χ2v) is 12.9. The number of nitrogens with one attached hydrogen (secondary N) is 1. The van der Waals surface area contributed by atoms with Crippen molar-refractivity contribution in [2.45, 2.75) is 45.7 Å². The Morgan fingerprint density at radius 1 is 0.976 bits per heavy atom. The number of carbonyl (C=O) groups is 2. The number of ether oxygens (including phenoxy) is 1. The summed E-state index contributed by atoms with van der Waals surface area (Å²) in [6.07, 6.45) is 1.73. The zero-order valence-corrected chi connectivity index (χ0v) is 26.2. The number of methoxy groups -OCH3 is 1. The molecule has 1 atom stereocenters. The van der Waals surface area contributed by atoms with Gasteiger partial charge < -0.3 is 15.0 Å². The van der Waals surface area contributed by atoms with Crippen LogP contribution in [0.1, 0.15) is 37.8 Å². The Balaban J connectivity index is 1.89. The molecule has 1 N–H and O–H groups in total. The number of amides is 2. The molecule has 0 radical (unpaired) electrons. The Bertz CT molecular complexity index is 1430. The molecule has 0 heterocycles. The third kappa shape index (κ3) is 9.77. The van der Waals surface area contributed by atoms with Crippen LogP contribution in [0.25, 0.3) is 0 Å². The Labute approximate surface area is 254 Å². The highest BCUT2D eigenvalue weighted by Crippen LogP contribution is 2.25. The van der Waals surface area contributed by atoms with Gasteiger partial charge in [0, 0.05) is 43.6 Å². The first-order valence-corrected chi connectivity index (χ1v) is 16.2. The van der Waals surface area contributed by atoms with E-state index >= 15 is 0 Å². The highest BCUT2D eigenvalue weighted by Gasteiger charge is 2.31. The summed E-state index contributed by atoms with van der Waals surface area (Å²) in [5.41, 5.74) is 2.09. The number of anilines is 1. The monoisotopic (exact) mass is 613 g/mol. The van der Waals surface area contributed by atoms with Crippen molar-refractivity contribution >= 4 is 39.1 Å². The predicted molar refractivity (Wildman–Crippen MR) is 168 cm³/mol. The van der Waals surface area contributed by atoms with Gasteiger partial charge in [-0.05, 0) is 41.7 Å². The Hall–Kier alpha value is -3.56. The molecule has 8 nitrogen and oxygen atoms in total. The lowest BCUT2D eigenvalue weighted by atomic mass is 10.0. The fourth-order valence-corrected chi connectivity index (χ4v) is 5.71. The molecule has 2 amide bonds. The van der Waals surface area contributed by atoms with Gasteiger partial charge in [0.2, 0.25) is 21.8 Å². The van der Waals surface area contributed by atoms with Crippen LogP contribution in [0.5, 0.6) is 5.75 Å². The second kappa shape index (κ2) is 15.6. The molecule has 0 aliphatic rings. The molecule has 3 aromatic carbocycles. The highest BCUT2D eigenvalue weighted by molar-refractivity contribution is 7.92. The zero-order valence-electron chi connectivity index (χ0n) is 24.6. The van der Waals surface area contributed by atoms with E-state index in [2.05, 4.69) is 5.32 Å². The number of carbonyl (C=O) groups excluding carboxylic acids is 2. The second-order valence-electron chi connectivity index (χ2n) is 10.6. The summed E-state index contributed by atoms with van der Waals surface area (Å²) in [6, 6.07) is 22.8. The van der Waals surface area contributed by atoms with Crippen molar-refractivity contribution < 1.29 is 22.7 Å². The molecule has 0 aliphatic heterocycles. The van der Waals surface area contributed by atoms with Crippen LogP contribution in [0.15, 0.2) is 78.9 Å². The number of nitrogens with zero attached hydrogens (tertiary/aromatic N) is 2. The van der Waals surface area contributed by atoms with Crippen molar-refractivity contribution in [3.8, 4) is 5.75 Å². The summed E-state index contributed by atoms with van der Waals surface area (Å²) in [4.78, 5) is 29.1. The maximum atomic E-state index is 13.9. The minimum Gasteiger partial charge on any atom is -0.497 e. The van der Waals surface area contributed by atoms with E-state index in [4.69, 9.17) is 16.3 Å². The van der Waals surface area contributed by atoms with Gasteiger partial charge >= 0.3 is 0 Å². The Morgan fingerprint density at radius 3 is 2.31 bits per heavy atom. The number of rotatable bonds is 15. The van der Waals surface area contributed by atoms with Crippen molar-refractivity contribution in [2.75, 3.05) is 30.8 Å². The molecule has 0 saturated carbocycles. The first-order valence-electron chi connectivity index (χ1n) is 14.0. The smallest absolute Gasteiger partial charge is 0.243 e. The lowest BCUT2D eigenvalue weighted by molar-refractivity contribution is -0.141. The molecule has 0 saturated heterocycles. The van der Waals surface area contributed by atoms with Crippen LogP contribution in [0.4, 0.5) is 5.69 Å². The van der Waals surface area contributed by atoms with Crippen molar-refractivity contribution in [1.29, 1.82) is 0 Å². The molecular formula is C32H40ClN3O5S. The average molecular weight is 614 g/mol. The molecule has 0 aromatic heterocycles. The Morgan fingerprint density at radius 2 is 1.67 bits per heavy atom. The lowest BCUT2D eigenvalue weighted by Crippen LogP contribution is -2.51. The van der Waals surface area contributed by atoms with Gasteiger partial charge in [0.25, 0.3) is 0 Å². The summed E-state index contributed by atoms with van der Waals surface area (Å²) >= 11 is 6.49. The van der Waals surface area contributed by atoms with Crippen LogP contribution in [0.2, 0.25) is 5.02 Å². The third-order valence-electron chi connectivity index (χ3n) is 6.75. The third-order valence-corrected chi connectivity index (χ3v) is 8.31. The van der Waals surface area contributed by atoms with Gasteiger partial charge in [0.05, 0.1) is 19.1 Å². The Kier molecular flexibility index (Phi) is 12.2. The summed E-state index contributed by atoms with van der Waals surface area (Å²) < 4.78 is 31.9. The predicted octanol–water partition coefficient (Wildman–Crippen LogP) is 5.31. The normalized spacial score (nSPS) is 12.0. The summed E-state index contributed by atoms with van der Waals surface area (Å²) in [7, 11) is -2.12. The summed E-state index contributed by atoms with van der Waals surface area (Å²) in [5, 5.41) is 3.50. The first-order chi connectivity index (χ1) is 20.0. The quantitative estimate of drug-likeness (QED) is 0.251. The van der Waals surface area contributed by atoms with E-state index in [1.807, 2.05) is 62.4 Å². The molecule has 226 valence electrons. The van der Waals surface area contributed by atoms with Gasteiger partial charge in [-0.1, -0.05) is 80.0 Å². The summed E-state index contributed by atoms with van der Waals surface area (Å²) in [5.74, 6) is 0.244. The molecule has 3 aromatic rings. The van der Waals surface area contributed by atoms with Crippen LogP contribution in [-0.4, -0.2) is 57.6 Å². The van der Waals surface area contributed by atoms with E-state index < -0.39 is 16.1 Å². The number of halogens is 1. The first kappa shape index (κ1) is 32.9. The van der Waals surface area contributed by atoms with E-state index in [1.54, 1.807) is 35.2 Å². The molecule has 0 unspecified atom stereocenters. The molecule has 0 spiro atoms. The van der Waals surface area contributed by atoms with Gasteiger partial charge in [-0.3, -0.25) is 13.9 Å². The number of benzene rings is 3. The van der Waals surface area contributed by atoms with Gasteiger partial charge in [-0.2, -0.15) is 0 Å². The van der Waals surface area contributed by atoms with E-state index in [9.17, 15) is 18.0 Å². The van der Waals surface area contributed by atoms with Crippen LogP contribution in [-0.2, 0) is 32.6 Å². The van der Waals surface area contributed by atoms with Crippen LogP contribution < -0.4 is 14.4 Å². The molecule has 42 heavy (non-hydrogen) atoms. The van der Waals surface area contributed by atoms with Crippen LogP contribution in [0.3, 0.4) is 0 Å². The maximum Gasteiger partial charge on any atom is 0.243 e. The topological polar surface area (TPSA) is 96.0 Å². The standard InChI is InChI=1S/C32H40ClN3O5S/c1-24(2)22-34-32(38)30(20-25-12-6-5-7-13-25)35(23-26-14-8-9-17-29(26)33)31(37)18-11-19-36(42(4,39)40)27-15-10-16-28(21-27)41-3/h5-10,12-17,21,24,30H,11,18-20,22-23H2,1-4H3,(H,34,38)/t30-/m1/s1. The molecule has 10 heteroatoms. The van der Waals surface area contributed by atoms with Gasteiger partial charge in [0.15, 0.2) is 0 Å². The zero-order chi connectivity index (χ0) is 30.7. The minimum atomic E-state index is -3.63. The molecule has 0 fully saturated rings. The molecular weight excluding hydrogens is 574 g/mol. The summed E-state index contributed by atoms with van der Waals surface area (Å²) in [6.45, 7) is 4.71. The van der Waals surface area contributed by atoms with E-state index in [1.165, 1.54) is 11.4 Å². The lowest BCUT2D eigenvalue weighted by Gasteiger charge is -2.32. The van der Waals surface area contributed by atoms with Gasteiger partial charge in [-0.15, -0.1) is 0 Å². The van der Waals surface area contributed by atoms with Crippen molar-refractivity contribution in [1.82, 2.24) is 10.2 Å². The van der Waals surface area contributed by atoms with Gasteiger partial charge in [-0.25, -0.2) is 8.42 Å². The molecule has 0 bridgehead atoms.